The predicted molar refractivity (Wildman–Crippen MR) is 114 cm³/mol. The van der Waals surface area contributed by atoms with Gasteiger partial charge in [0.05, 0.1) is 6.61 Å². The van der Waals surface area contributed by atoms with Crippen molar-refractivity contribution in [3.63, 3.8) is 0 Å². The number of halogens is 3. The molecule has 1 aliphatic heterocycles. The number of benzene rings is 1. The van der Waals surface area contributed by atoms with Gasteiger partial charge < -0.3 is 20.3 Å². The molecule has 1 aromatic rings. The summed E-state index contributed by atoms with van der Waals surface area (Å²) in [4.78, 5) is 18.5. The van der Waals surface area contributed by atoms with Crippen LogP contribution in [0.3, 0.4) is 0 Å². The third-order valence-electron chi connectivity index (χ3n) is 4.28. The van der Waals surface area contributed by atoms with E-state index in [1.165, 1.54) is 5.69 Å². The quantitative estimate of drug-likeness (QED) is 0.712. The molecule has 1 amide bonds. The van der Waals surface area contributed by atoms with Gasteiger partial charge >= 0.3 is 0 Å². The molecule has 1 fully saturated rings. The van der Waals surface area contributed by atoms with Gasteiger partial charge in [-0.1, -0.05) is 18.2 Å². The van der Waals surface area contributed by atoms with Gasteiger partial charge in [0, 0.05) is 59.1 Å². The van der Waals surface area contributed by atoms with E-state index in [2.05, 4.69) is 34.1 Å². The van der Waals surface area contributed by atoms with Crippen molar-refractivity contribution in [1.82, 2.24) is 9.80 Å². The second-order valence-electron chi connectivity index (χ2n) is 5.99. The molecule has 2 N–H and O–H groups in total. The van der Waals surface area contributed by atoms with Crippen LogP contribution in [0.4, 0.5) is 5.69 Å². The zero-order valence-electron chi connectivity index (χ0n) is 15.4. The van der Waals surface area contributed by atoms with E-state index in [9.17, 15) is 4.79 Å². The summed E-state index contributed by atoms with van der Waals surface area (Å²) in [7, 11) is 3.36. The predicted octanol–water partition coefficient (Wildman–Crippen LogP) is 1.51. The van der Waals surface area contributed by atoms with Crippen molar-refractivity contribution in [3.05, 3.63) is 30.3 Å². The molecule has 26 heavy (non-hydrogen) atoms. The smallest absolute Gasteiger partial charge is 0.241 e. The van der Waals surface area contributed by atoms with Gasteiger partial charge in [0.15, 0.2) is 0 Å². The standard InChI is InChI=1S/C17H28N4O2.3ClH/c1-19(17(22)16(18)14-23-2)8-9-20-10-12-21(13-11-20)15-6-4-3-5-7-15;;;/h3-7,16H,8-14,18H2,1-2H3;3*1H. The van der Waals surface area contributed by atoms with E-state index in [1.54, 1.807) is 19.1 Å². The Kier molecular flexibility index (Phi) is 15.1. The number of rotatable bonds is 7. The van der Waals surface area contributed by atoms with Crippen LogP contribution in [-0.2, 0) is 9.53 Å². The molecule has 0 bridgehead atoms. The first-order valence-electron chi connectivity index (χ1n) is 8.13. The normalized spacial score (nSPS) is 15.1. The van der Waals surface area contributed by atoms with Crippen LogP contribution in [0.5, 0.6) is 0 Å². The summed E-state index contributed by atoms with van der Waals surface area (Å²) in [5, 5.41) is 0. The number of nitrogens with two attached hydrogens (primary N) is 1. The third kappa shape index (κ3) is 8.29. The summed E-state index contributed by atoms with van der Waals surface area (Å²) < 4.78 is 4.93. The molecule has 0 saturated carbocycles. The lowest BCUT2D eigenvalue weighted by molar-refractivity contribution is -0.132. The fourth-order valence-electron chi connectivity index (χ4n) is 2.80. The molecule has 0 radical (unpaired) electrons. The molecule has 2 rings (SSSR count). The molecular formula is C17H31Cl3N4O2. The van der Waals surface area contributed by atoms with Gasteiger partial charge in [-0.2, -0.15) is 0 Å². The first kappa shape index (κ1) is 27.5. The number of carbonyl (C=O) groups excluding carboxylic acids is 1. The van der Waals surface area contributed by atoms with Gasteiger partial charge in [-0.25, -0.2) is 0 Å². The molecule has 152 valence electrons. The highest BCUT2D eigenvalue weighted by Gasteiger charge is 2.20. The number of hydrogen-bond donors (Lipinski definition) is 1. The number of para-hydroxylation sites is 1. The molecular weight excluding hydrogens is 399 g/mol. The summed E-state index contributed by atoms with van der Waals surface area (Å²) in [5.74, 6) is -0.0604. The molecule has 1 aliphatic rings. The molecule has 1 heterocycles. The van der Waals surface area contributed by atoms with Gasteiger partial charge in [-0.3, -0.25) is 9.69 Å². The van der Waals surface area contributed by atoms with Crippen molar-refractivity contribution in [3.8, 4) is 0 Å². The van der Waals surface area contributed by atoms with Crippen LogP contribution < -0.4 is 10.6 Å². The molecule has 1 aromatic carbocycles. The van der Waals surface area contributed by atoms with Crippen molar-refractivity contribution in [2.45, 2.75) is 6.04 Å². The monoisotopic (exact) mass is 428 g/mol. The molecule has 0 aliphatic carbocycles. The summed E-state index contributed by atoms with van der Waals surface area (Å²) >= 11 is 0. The van der Waals surface area contributed by atoms with Crippen LogP contribution in [0.2, 0.25) is 0 Å². The molecule has 9 heteroatoms. The second kappa shape index (κ2) is 14.3. The lowest BCUT2D eigenvalue weighted by atomic mass is 10.2. The van der Waals surface area contributed by atoms with Crippen LogP contribution >= 0.6 is 37.2 Å². The average molecular weight is 430 g/mol. The van der Waals surface area contributed by atoms with Crippen LogP contribution in [-0.4, -0.2) is 81.8 Å². The second-order valence-corrected chi connectivity index (χ2v) is 5.99. The van der Waals surface area contributed by atoms with Crippen molar-refractivity contribution in [2.24, 2.45) is 5.73 Å². The molecule has 1 saturated heterocycles. The Hall–Kier alpha value is -0.760. The number of anilines is 1. The Morgan fingerprint density at radius 1 is 1.15 bits per heavy atom. The largest absolute Gasteiger partial charge is 0.383 e. The number of hydrogen-bond acceptors (Lipinski definition) is 5. The van der Waals surface area contributed by atoms with E-state index in [4.69, 9.17) is 10.5 Å². The maximum atomic E-state index is 12.0. The van der Waals surface area contributed by atoms with Crippen molar-refractivity contribution >= 4 is 48.8 Å². The van der Waals surface area contributed by atoms with Gasteiger partial charge in [0.1, 0.15) is 6.04 Å². The van der Waals surface area contributed by atoms with Crippen molar-refractivity contribution in [1.29, 1.82) is 0 Å². The Morgan fingerprint density at radius 3 is 2.27 bits per heavy atom. The van der Waals surface area contributed by atoms with Crippen molar-refractivity contribution in [2.75, 3.05) is 64.9 Å². The number of amides is 1. The highest BCUT2D eigenvalue weighted by molar-refractivity contribution is 5.86. The fraction of sp³-hybridized carbons (Fsp3) is 0.588. The number of methoxy groups -OCH3 is 1. The number of carbonyl (C=O) groups is 1. The molecule has 0 aromatic heterocycles. The van der Waals surface area contributed by atoms with E-state index in [0.717, 1.165) is 32.7 Å². The topological polar surface area (TPSA) is 62.0 Å². The van der Waals surface area contributed by atoms with Gasteiger partial charge in [0.25, 0.3) is 0 Å². The Morgan fingerprint density at radius 2 is 1.73 bits per heavy atom. The minimum atomic E-state index is -0.570. The van der Waals surface area contributed by atoms with Crippen LogP contribution in [0.25, 0.3) is 0 Å². The first-order valence-corrected chi connectivity index (χ1v) is 8.13. The lowest BCUT2D eigenvalue weighted by Crippen LogP contribution is -2.50. The summed E-state index contributed by atoms with van der Waals surface area (Å²) in [6, 6.07) is 9.93. The Labute approximate surface area is 175 Å². The minimum Gasteiger partial charge on any atom is -0.383 e. The Balaban J connectivity index is 0. The van der Waals surface area contributed by atoms with Gasteiger partial charge in [0.2, 0.25) is 5.91 Å². The highest BCUT2D eigenvalue weighted by atomic mass is 35.5. The lowest BCUT2D eigenvalue weighted by Gasteiger charge is -2.36. The summed E-state index contributed by atoms with van der Waals surface area (Å²) in [6.07, 6.45) is 0. The fourth-order valence-corrected chi connectivity index (χ4v) is 2.80. The maximum absolute atomic E-state index is 12.0. The van der Waals surface area contributed by atoms with E-state index >= 15 is 0 Å². The van der Waals surface area contributed by atoms with E-state index in [-0.39, 0.29) is 49.7 Å². The van der Waals surface area contributed by atoms with Crippen LogP contribution in [0.1, 0.15) is 0 Å². The third-order valence-corrected chi connectivity index (χ3v) is 4.28. The summed E-state index contributed by atoms with van der Waals surface area (Å²) in [5.41, 5.74) is 7.07. The molecule has 1 unspecified atom stereocenters. The van der Waals surface area contributed by atoms with Crippen LogP contribution in [0, 0.1) is 0 Å². The number of likely N-dealkylation sites (N-methyl/N-ethyl adjacent to an activating group) is 1. The highest BCUT2D eigenvalue weighted by Crippen LogP contribution is 2.15. The maximum Gasteiger partial charge on any atom is 0.241 e. The summed E-state index contributed by atoms with van der Waals surface area (Å²) in [6.45, 7) is 5.91. The minimum absolute atomic E-state index is 0. The SMILES string of the molecule is COCC(N)C(=O)N(C)CCN1CCN(c2ccccc2)CC1.Cl.Cl.Cl. The van der Waals surface area contributed by atoms with Crippen LogP contribution in [0.15, 0.2) is 30.3 Å². The Bertz CT molecular complexity index is 488. The number of ether oxygens (including phenoxy) is 1. The van der Waals surface area contributed by atoms with Crippen molar-refractivity contribution < 1.29 is 9.53 Å². The first-order chi connectivity index (χ1) is 11.1. The number of piperazine rings is 1. The van der Waals surface area contributed by atoms with E-state index in [1.807, 2.05) is 6.07 Å². The van der Waals surface area contributed by atoms with Gasteiger partial charge in [-0.15, -0.1) is 37.2 Å². The van der Waals surface area contributed by atoms with E-state index in [0.29, 0.717) is 6.54 Å². The molecule has 6 nitrogen and oxygen atoms in total. The zero-order chi connectivity index (χ0) is 16.7. The van der Waals surface area contributed by atoms with E-state index < -0.39 is 6.04 Å². The average Bonchev–Trinajstić information content (AvgIpc) is 2.60. The van der Waals surface area contributed by atoms with Gasteiger partial charge in [-0.05, 0) is 12.1 Å². The zero-order valence-corrected chi connectivity index (χ0v) is 17.8. The molecule has 1 atom stereocenters. The number of nitrogens with zero attached hydrogens (tertiary/aromatic N) is 3. The molecule has 0 spiro atoms.